The van der Waals surface area contributed by atoms with Crippen LogP contribution in [-0.4, -0.2) is 0 Å². The summed E-state index contributed by atoms with van der Waals surface area (Å²) in [6, 6.07) is 11.6. The monoisotopic (exact) mass is 443 g/mol. The fraction of sp³-hybridized carbons (Fsp3) is 0.594. The number of benzene rings is 1. The van der Waals surface area contributed by atoms with E-state index in [1.165, 1.54) is 95.1 Å². The van der Waals surface area contributed by atoms with Crippen LogP contribution in [0.2, 0.25) is 0 Å². The molecule has 2 aliphatic rings. The first kappa shape index (κ1) is 25.6. The molecule has 0 heterocycles. The topological polar surface area (TPSA) is 23.8 Å². The summed E-state index contributed by atoms with van der Waals surface area (Å²) >= 11 is 0. The number of nitriles is 1. The van der Waals surface area contributed by atoms with Gasteiger partial charge in [-0.1, -0.05) is 74.4 Å². The van der Waals surface area contributed by atoms with Gasteiger partial charge in [0.15, 0.2) is 0 Å². The van der Waals surface area contributed by atoms with E-state index in [9.17, 15) is 0 Å². The van der Waals surface area contributed by atoms with Gasteiger partial charge < -0.3 is 0 Å². The average Bonchev–Trinajstić information content (AvgIpc) is 2.87. The molecule has 1 heteroatoms. The van der Waals surface area contributed by atoms with Crippen LogP contribution >= 0.6 is 0 Å². The van der Waals surface area contributed by atoms with Gasteiger partial charge in [-0.3, -0.25) is 0 Å². The number of allylic oxidation sites excluding steroid dienone is 5. The fourth-order valence-corrected chi connectivity index (χ4v) is 6.09. The Morgan fingerprint density at radius 1 is 0.939 bits per heavy atom. The minimum Gasteiger partial charge on any atom is -0.193 e. The first-order chi connectivity index (χ1) is 16.2. The van der Waals surface area contributed by atoms with E-state index in [-0.39, 0.29) is 0 Å². The van der Waals surface area contributed by atoms with Gasteiger partial charge >= 0.3 is 0 Å². The number of hydrogen-bond donors (Lipinski definition) is 0. The van der Waals surface area contributed by atoms with Crippen LogP contribution in [0.25, 0.3) is 0 Å². The average molecular weight is 444 g/mol. The molecule has 0 aromatic heterocycles. The van der Waals surface area contributed by atoms with Gasteiger partial charge in [-0.25, -0.2) is 0 Å². The first-order valence-electron chi connectivity index (χ1n) is 13.7. The molecule has 0 unspecified atom stereocenters. The Morgan fingerprint density at radius 3 is 2.24 bits per heavy atom. The molecule has 1 nitrogen and oxygen atoms in total. The van der Waals surface area contributed by atoms with Crippen molar-refractivity contribution < 1.29 is 0 Å². The Kier molecular flexibility index (Phi) is 11.0. The highest BCUT2D eigenvalue weighted by Crippen LogP contribution is 2.44. The third-order valence-corrected chi connectivity index (χ3v) is 8.30. The molecular formula is C32H45N. The zero-order valence-electron chi connectivity index (χ0n) is 21.0. The smallest absolute Gasteiger partial charge is 0.0912 e. The summed E-state index contributed by atoms with van der Waals surface area (Å²) in [5.41, 5.74) is 4.66. The molecule has 0 bridgehead atoms. The number of hydrogen-bond acceptors (Lipinski definition) is 1. The molecule has 0 saturated heterocycles. The van der Waals surface area contributed by atoms with Crippen LogP contribution in [0.15, 0.2) is 60.7 Å². The van der Waals surface area contributed by atoms with E-state index < -0.39 is 0 Å². The van der Waals surface area contributed by atoms with Crippen LogP contribution in [0.5, 0.6) is 0 Å². The summed E-state index contributed by atoms with van der Waals surface area (Å²) in [5.74, 6) is 3.15. The Balaban J connectivity index is 1.36. The number of rotatable bonds is 11. The second kappa shape index (κ2) is 14.2. The van der Waals surface area contributed by atoms with E-state index in [0.717, 1.165) is 30.1 Å². The van der Waals surface area contributed by atoms with Gasteiger partial charge in [-0.05, 0) is 112 Å². The maximum Gasteiger partial charge on any atom is 0.0912 e. The SMILES string of the molecule is C=C(C1CCC(CCC=CC=CC#N)CC1)C1CCC(c2ccc(CCCCC)cc2)CC1. The van der Waals surface area contributed by atoms with Gasteiger partial charge in [-0.15, -0.1) is 0 Å². The molecule has 0 amide bonds. The molecule has 0 radical (unpaired) electrons. The van der Waals surface area contributed by atoms with E-state index in [1.807, 2.05) is 18.2 Å². The van der Waals surface area contributed by atoms with Crippen molar-refractivity contribution in [2.45, 2.75) is 103 Å². The third-order valence-electron chi connectivity index (χ3n) is 8.30. The summed E-state index contributed by atoms with van der Waals surface area (Å²) in [6.07, 6.45) is 26.0. The summed E-state index contributed by atoms with van der Waals surface area (Å²) < 4.78 is 0. The number of aryl methyl sites for hydroxylation is 1. The predicted molar refractivity (Wildman–Crippen MR) is 142 cm³/mol. The van der Waals surface area contributed by atoms with Gasteiger partial charge in [0.2, 0.25) is 0 Å². The molecule has 2 aliphatic carbocycles. The van der Waals surface area contributed by atoms with Gasteiger partial charge in [0.05, 0.1) is 6.07 Å². The molecule has 2 fully saturated rings. The maximum atomic E-state index is 8.52. The van der Waals surface area contributed by atoms with Crippen molar-refractivity contribution in [1.82, 2.24) is 0 Å². The minimum atomic E-state index is 0.755. The van der Waals surface area contributed by atoms with Crippen molar-refractivity contribution in [3.05, 3.63) is 71.8 Å². The lowest BCUT2D eigenvalue weighted by Gasteiger charge is -2.36. The predicted octanol–water partition coefficient (Wildman–Crippen LogP) is 9.47. The van der Waals surface area contributed by atoms with Crippen LogP contribution < -0.4 is 0 Å². The summed E-state index contributed by atoms with van der Waals surface area (Å²) in [7, 11) is 0. The van der Waals surface area contributed by atoms with Crippen molar-refractivity contribution in [1.29, 1.82) is 5.26 Å². The largest absolute Gasteiger partial charge is 0.193 e. The quantitative estimate of drug-likeness (QED) is 0.144. The van der Waals surface area contributed by atoms with E-state index >= 15 is 0 Å². The number of nitrogens with zero attached hydrogens (tertiary/aromatic N) is 1. The van der Waals surface area contributed by atoms with E-state index in [0.29, 0.717) is 0 Å². The second-order valence-corrected chi connectivity index (χ2v) is 10.5. The molecule has 0 atom stereocenters. The van der Waals surface area contributed by atoms with Gasteiger partial charge in [0.25, 0.3) is 0 Å². The highest BCUT2D eigenvalue weighted by molar-refractivity contribution is 5.26. The zero-order chi connectivity index (χ0) is 23.3. The van der Waals surface area contributed by atoms with Gasteiger partial charge in [0, 0.05) is 6.08 Å². The molecule has 3 rings (SSSR count). The van der Waals surface area contributed by atoms with Gasteiger partial charge in [0.1, 0.15) is 0 Å². The van der Waals surface area contributed by atoms with Crippen molar-refractivity contribution in [3.63, 3.8) is 0 Å². The molecule has 0 aliphatic heterocycles. The Labute approximate surface area is 203 Å². The number of unbranched alkanes of at least 4 members (excludes halogenated alkanes) is 2. The summed E-state index contributed by atoms with van der Waals surface area (Å²) in [5, 5.41) is 8.52. The lowest BCUT2D eigenvalue weighted by atomic mass is 9.69. The Morgan fingerprint density at radius 2 is 1.61 bits per heavy atom. The molecule has 0 N–H and O–H groups in total. The third kappa shape index (κ3) is 8.33. The fourth-order valence-electron chi connectivity index (χ4n) is 6.09. The molecular weight excluding hydrogens is 398 g/mol. The van der Waals surface area contributed by atoms with E-state index in [1.54, 1.807) is 11.1 Å². The normalized spacial score (nSPS) is 25.9. The van der Waals surface area contributed by atoms with Crippen LogP contribution in [0.4, 0.5) is 0 Å². The highest BCUT2D eigenvalue weighted by atomic mass is 14.3. The molecule has 2 saturated carbocycles. The van der Waals surface area contributed by atoms with Crippen molar-refractivity contribution >= 4 is 0 Å². The Bertz CT molecular complexity index is 790. The van der Waals surface area contributed by atoms with E-state index in [4.69, 9.17) is 5.26 Å². The standard InChI is InChI=1S/C32H45N/c1-3-4-8-11-27-15-19-31(20-16-27)32-23-21-30(22-24-32)26(2)29-17-13-28(14-18-29)12-9-6-5-7-10-25-33/h5-7,10,15-16,19-20,28-30,32H,2-4,8-9,11-14,17-18,21-24H2,1H3. The van der Waals surface area contributed by atoms with Gasteiger partial charge in [-0.2, -0.15) is 5.26 Å². The molecule has 33 heavy (non-hydrogen) atoms. The van der Waals surface area contributed by atoms with Crippen molar-refractivity contribution in [3.8, 4) is 6.07 Å². The first-order valence-corrected chi connectivity index (χ1v) is 13.7. The summed E-state index contributed by atoms with van der Waals surface area (Å²) in [6.45, 7) is 6.91. The van der Waals surface area contributed by atoms with Crippen LogP contribution in [0.1, 0.15) is 107 Å². The van der Waals surface area contributed by atoms with Crippen molar-refractivity contribution in [2.75, 3.05) is 0 Å². The molecule has 178 valence electrons. The van der Waals surface area contributed by atoms with Crippen LogP contribution in [-0.2, 0) is 6.42 Å². The maximum absolute atomic E-state index is 8.52. The lowest BCUT2D eigenvalue weighted by molar-refractivity contribution is 0.260. The minimum absolute atomic E-state index is 0.755. The summed E-state index contributed by atoms with van der Waals surface area (Å²) in [4.78, 5) is 0. The zero-order valence-corrected chi connectivity index (χ0v) is 21.0. The molecule has 0 spiro atoms. The second-order valence-electron chi connectivity index (χ2n) is 10.5. The molecule has 1 aromatic rings. The highest BCUT2D eigenvalue weighted by Gasteiger charge is 2.29. The molecule has 1 aromatic carbocycles. The van der Waals surface area contributed by atoms with Crippen molar-refractivity contribution in [2.24, 2.45) is 17.8 Å². The Hall–Kier alpha value is -2.07. The van der Waals surface area contributed by atoms with E-state index in [2.05, 4.69) is 43.8 Å². The van der Waals surface area contributed by atoms with Crippen LogP contribution in [0.3, 0.4) is 0 Å². The lowest BCUT2D eigenvalue weighted by Crippen LogP contribution is -2.22. The van der Waals surface area contributed by atoms with Crippen LogP contribution in [0, 0.1) is 29.1 Å².